The van der Waals surface area contributed by atoms with Gasteiger partial charge >= 0.3 is 0 Å². The second kappa shape index (κ2) is 11.8. The minimum atomic E-state index is 0. The van der Waals surface area contributed by atoms with Crippen LogP contribution in [0.5, 0.6) is 0 Å². The smallest absolute Gasteiger partial charge is 0.126 e. The number of rotatable bonds is 9. The molecule has 1 aliphatic rings. The maximum absolute atomic E-state index is 9.35. The molecule has 2 aromatic heterocycles. The van der Waals surface area contributed by atoms with Crippen molar-refractivity contribution in [2.24, 2.45) is 5.92 Å². The van der Waals surface area contributed by atoms with Crippen molar-refractivity contribution in [1.29, 1.82) is 0 Å². The van der Waals surface area contributed by atoms with Gasteiger partial charge in [-0.2, -0.15) is 0 Å². The Labute approximate surface area is 205 Å². The summed E-state index contributed by atoms with van der Waals surface area (Å²) in [7, 11) is 0. The minimum Gasteiger partial charge on any atom is -0.395 e. The molecule has 1 fully saturated rings. The van der Waals surface area contributed by atoms with E-state index in [-0.39, 0.29) is 19.0 Å². The predicted octanol–water partition coefficient (Wildman–Crippen LogP) is 5.64. The quantitative estimate of drug-likeness (QED) is 0.415. The monoisotopic (exact) mass is 497 g/mol. The highest BCUT2D eigenvalue weighted by molar-refractivity contribution is 7.15. The third-order valence-corrected chi connectivity index (χ3v) is 7.79. The molecule has 0 aliphatic carbocycles. The molecule has 3 aromatic rings. The Morgan fingerprint density at radius 3 is 2.75 bits per heavy atom. The van der Waals surface area contributed by atoms with Crippen LogP contribution < -0.4 is 0 Å². The van der Waals surface area contributed by atoms with E-state index in [2.05, 4.69) is 35.6 Å². The first-order valence-electron chi connectivity index (χ1n) is 11.3. The summed E-state index contributed by atoms with van der Waals surface area (Å²) < 4.78 is 7.88. The average Bonchev–Trinajstić information content (AvgIpc) is 3.36. The maximum Gasteiger partial charge on any atom is 0.126 e. The van der Waals surface area contributed by atoms with Gasteiger partial charge in [0.25, 0.3) is 0 Å². The van der Waals surface area contributed by atoms with Crippen molar-refractivity contribution in [3.63, 3.8) is 0 Å². The number of ether oxygens (including phenoxy) is 1. The van der Waals surface area contributed by atoms with E-state index in [1.165, 1.54) is 15.8 Å². The van der Waals surface area contributed by atoms with E-state index in [1.807, 2.05) is 12.1 Å². The summed E-state index contributed by atoms with van der Waals surface area (Å²) in [6, 6.07) is 6.17. The first kappa shape index (κ1) is 25.5. The Hall–Kier alpha value is -1.15. The molecule has 3 heterocycles. The molecular weight excluding hydrogens is 465 g/mol. The van der Waals surface area contributed by atoms with E-state index in [0.29, 0.717) is 12.5 Å². The molecule has 1 aromatic carbocycles. The molecule has 0 atom stereocenters. The highest BCUT2D eigenvalue weighted by Crippen LogP contribution is 2.38. The highest BCUT2D eigenvalue weighted by atomic mass is 35.5. The van der Waals surface area contributed by atoms with Crippen molar-refractivity contribution in [3.8, 4) is 10.6 Å². The molecule has 1 saturated heterocycles. The van der Waals surface area contributed by atoms with Crippen LogP contribution in [-0.4, -0.2) is 52.5 Å². The molecule has 176 valence electrons. The summed E-state index contributed by atoms with van der Waals surface area (Å²) in [5.41, 5.74) is 3.40. The number of halogens is 2. The molecule has 0 amide bonds. The Morgan fingerprint density at radius 2 is 2.06 bits per heavy atom. The van der Waals surface area contributed by atoms with Crippen LogP contribution in [0.15, 0.2) is 24.4 Å². The van der Waals surface area contributed by atoms with E-state index in [0.717, 1.165) is 73.4 Å². The maximum atomic E-state index is 9.35. The zero-order valence-electron chi connectivity index (χ0n) is 18.8. The lowest BCUT2D eigenvalue weighted by molar-refractivity contribution is 0.0616. The summed E-state index contributed by atoms with van der Waals surface area (Å²) in [6.07, 6.45) is 5.40. The molecule has 32 heavy (non-hydrogen) atoms. The number of para-hydroxylation sites is 1. The molecular formula is C24H33Cl2N3O2S. The van der Waals surface area contributed by atoms with Gasteiger partial charge in [0, 0.05) is 54.9 Å². The van der Waals surface area contributed by atoms with E-state index < -0.39 is 0 Å². The number of nitrogens with zero attached hydrogens (tertiary/aromatic N) is 3. The number of benzene rings is 1. The zero-order valence-corrected chi connectivity index (χ0v) is 21.2. The van der Waals surface area contributed by atoms with Crippen molar-refractivity contribution in [2.45, 2.75) is 46.2 Å². The van der Waals surface area contributed by atoms with Crippen molar-refractivity contribution >= 4 is 46.2 Å². The van der Waals surface area contributed by atoms with Crippen LogP contribution in [0.3, 0.4) is 0 Å². The van der Waals surface area contributed by atoms with Gasteiger partial charge in [-0.05, 0) is 37.8 Å². The molecule has 1 aliphatic heterocycles. The summed E-state index contributed by atoms with van der Waals surface area (Å²) >= 11 is 8.46. The first-order valence-corrected chi connectivity index (χ1v) is 12.5. The highest BCUT2D eigenvalue weighted by Gasteiger charge is 2.21. The second-order valence-corrected chi connectivity index (χ2v) is 9.71. The van der Waals surface area contributed by atoms with Gasteiger partial charge < -0.3 is 14.4 Å². The zero-order chi connectivity index (χ0) is 21.8. The largest absolute Gasteiger partial charge is 0.395 e. The number of aliphatic hydroxyl groups is 1. The van der Waals surface area contributed by atoms with Crippen LogP contribution in [0.4, 0.5) is 0 Å². The summed E-state index contributed by atoms with van der Waals surface area (Å²) in [5.74, 6) is 0.614. The van der Waals surface area contributed by atoms with Crippen molar-refractivity contribution in [1.82, 2.24) is 14.5 Å². The lowest BCUT2D eigenvalue weighted by atomic mass is 10.0. The number of hydrogen-bond acceptors (Lipinski definition) is 5. The number of likely N-dealkylation sites (N-methyl/N-ethyl adjacent to an activating group) is 1. The van der Waals surface area contributed by atoms with E-state index in [1.54, 1.807) is 11.3 Å². The Kier molecular flexibility index (Phi) is 9.41. The summed E-state index contributed by atoms with van der Waals surface area (Å²) in [5, 5.41) is 12.4. The Morgan fingerprint density at radius 1 is 1.28 bits per heavy atom. The Balaban J connectivity index is 0.00000289. The van der Waals surface area contributed by atoms with Crippen LogP contribution in [0.25, 0.3) is 21.5 Å². The third-order valence-electron chi connectivity index (χ3n) is 6.21. The molecule has 5 nitrogen and oxygen atoms in total. The molecule has 0 radical (unpaired) electrons. The van der Waals surface area contributed by atoms with Crippen LogP contribution in [-0.2, 0) is 24.2 Å². The second-order valence-electron chi connectivity index (χ2n) is 8.22. The van der Waals surface area contributed by atoms with Crippen LogP contribution in [0, 0.1) is 5.92 Å². The summed E-state index contributed by atoms with van der Waals surface area (Å²) in [4.78, 5) is 8.64. The van der Waals surface area contributed by atoms with Gasteiger partial charge in [-0.3, -0.25) is 4.90 Å². The minimum absolute atomic E-state index is 0. The molecule has 1 N–H and O–H groups in total. The fourth-order valence-electron chi connectivity index (χ4n) is 4.44. The van der Waals surface area contributed by atoms with Gasteiger partial charge in [-0.15, -0.1) is 23.7 Å². The Bertz CT molecular complexity index is 1010. The number of hydrogen-bond donors (Lipinski definition) is 1. The average molecular weight is 499 g/mol. The first-order chi connectivity index (χ1) is 15.1. The van der Waals surface area contributed by atoms with E-state index in [9.17, 15) is 5.11 Å². The van der Waals surface area contributed by atoms with Gasteiger partial charge in [0.15, 0.2) is 0 Å². The molecule has 4 rings (SSSR count). The standard InChI is InChI=1S/C24H32ClN3O2S.ClH/c1-3-22-21(16-27(4-2)10-11-29)26-24(31-22)19-15-28(14-17-8-12-30-13-9-17)23-18(19)6-5-7-20(23)25;/h5-7,15,17,29H,3-4,8-14,16H2,1-2H3;1H. The molecule has 0 spiro atoms. The fourth-order valence-corrected chi connectivity index (χ4v) is 5.75. The van der Waals surface area contributed by atoms with E-state index >= 15 is 0 Å². The third kappa shape index (κ3) is 5.49. The molecule has 0 saturated carbocycles. The van der Waals surface area contributed by atoms with Gasteiger partial charge in [0.2, 0.25) is 0 Å². The lowest BCUT2D eigenvalue weighted by Gasteiger charge is -2.23. The number of aromatic nitrogens is 2. The van der Waals surface area contributed by atoms with Gasteiger partial charge in [0.1, 0.15) is 5.01 Å². The van der Waals surface area contributed by atoms with Crippen LogP contribution in [0.2, 0.25) is 5.02 Å². The predicted molar refractivity (Wildman–Crippen MR) is 136 cm³/mol. The molecule has 0 bridgehead atoms. The topological polar surface area (TPSA) is 50.5 Å². The lowest BCUT2D eigenvalue weighted by Crippen LogP contribution is -2.26. The SMILES string of the molecule is CCc1sc(-c2cn(CC3CCOCC3)c3c(Cl)cccc23)nc1CN(CC)CCO.Cl. The van der Waals surface area contributed by atoms with Crippen LogP contribution >= 0.6 is 35.3 Å². The van der Waals surface area contributed by atoms with Crippen molar-refractivity contribution < 1.29 is 9.84 Å². The van der Waals surface area contributed by atoms with Crippen molar-refractivity contribution in [2.75, 3.05) is 32.9 Å². The molecule has 0 unspecified atom stereocenters. The van der Waals surface area contributed by atoms with Gasteiger partial charge in [-0.1, -0.05) is 37.6 Å². The van der Waals surface area contributed by atoms with Gasteiger partial charge in [0.05, 0.1) is 22.8 Å². The number of thiazole rings is 1. The number of aryl methyl sites for hydroxylation is 1. The summed E-state index contributed by atoms with van der Waals surface area (Å²) in [6.45, 7) is 9.49. The van der Waals surface area contributed by atoms with Crippen molar-refractivity contribution in [3.05, 3.63) is 40.0 Å². The fraction of sp³-hybridized carbons (Fsp3) is 0.542. The molecule has 8 heteroatoms. The van der Waals surface area contributed by atoms with Crippen LogP contribution in [0.1, 0.15) is 37.3 Å². The normalized spacial score (nSPS) is 14.9. The van der Waals surface area contributed by atoms with Gasteiger partial charge in [-0.25, -0.2) is 4.98 Å². The number of fused-ring (bicyclic) bond motifs is 1. The number of aliphatic hydroxyl groups excluding tert-OH is 1. The van der Waals surface area contributed by atoms with E-state index in [4.69, 9.17) is 21.3 Å².